The molecule has 2 aromatic rings. The van der Waals surface area contributed by atoms with Crippen molar-refractivity contribution < 1.29 is 9.13 Å². The van der Waals surface area contributed by atoms with Crippen LogP contribution in [0.4, 0.5) is 11.4 Å². The van der Waals surface area contributed by atoms with E-state index in [1.54, 1.807) is 18.2 Å². The van der Waals surface area contributed by atoms with Crippen LogP contribution in [-0.2, 0) is 16.6 Å². The number of aryl methyl sites for hydroxylation is 1. The normalized spacial score (nSPS) is 12.1. The van der Waals surface area contributed by atoms with Crippen molar-refractivity contribution in [3.05, 3.63) is 62.1 Å². The maximum absolute atomic E-state index is 12.5. The van der Waals surface area contributed by atoms with E-state index >= 15 is 0 Å². The fourth-order valence-electron chi connectivity index (χ4n) is 1.85. The SMILES string of the molecule is Cc1ccc(N)cc1S(=O)Cc1ccc([N+](=O)[O-])cc1Br. The Bertz CT molecular complexity index is 734. The number of nitrogens with two attached hydrogens (primary N) is 1. The number of rotatable bonds is 4. The van der Waals surface area contributed by atoms with Gasteiger partial charge in [0.05, 0.1) is 21.5 Å². The lowest BCUT2D eigenvalue weighted by Gasteiger charge is -2.08. The summed E-state index contributed by atoms with van der Waals surface area (Å²) in [4.78, 5) is 10.9. The van der Waals surface area contributed by atoms with Gasteiger partial charge in [-0.25, -0.2) is 0 Å². The van der Waals surface area contributed by atoms with E-state index in [9.17, 15) is 14.3 Å². The molecule has 7 heteroatoms. The highest BCUT2D eigenvalue weighted by Crippen LogP contribution is 2.26. The first-order chi connectivity index (χ1) is 9.88. The zero-order valence-electron chi connectivity index (χ0n) is 11.2. The molecule has 1 unspecified atom stereocenters. The zero-order chi connectivity index (χ0) is 15.6. The molecule has 2 aromatic carbocycles. The van der Waals surface area contributed by atoms with Gasteiger partial charge < -0.3 is 5.73 Å². The van der Waals surface area contributed by atoms with Gasteiger partial charge in [0.25, 0.3) is 5.69 Å². The minimum Gasteiger partial charge on any atom is -0.399 e. The van der Waals surface area contributed by atoms with E-state index in [1.165, 1.54) is 12.1 Å². The highest BCUT2D eigenvalue weighted by Gasteiger charge is 2.13. The van der Waals surface area contributed by atoms with Crippen molar-refractivity contribution in [2.75, 3.05) is 5.73 Å². The van der Waals surface area contributed by atoms with Crippen molar-refractivity contribution in [1.29, 1.82) is 0 Å². The second-order valence-corrected chi connectivity index (χ2v) is 6.82. The van der Waals surface area contributed by atoms with Crippen LogP contribution in [0.1, 0.15) is 11.1 Å². The molecule has 5 nitrogen and oxygen atoms in total. The zero-order valence-corrected chi connectivity index (χ0v) is 13.6. The number of halogens is 1. The molecule has 0 saturated carbocycles. The van der Waals surface area contributed by atoms with E-state index in [0.717, 1.165) is 11.1 Å². The van der Waals surface area contributed by atoms with Crippen molar-refractivity contribution >= 4 is 38.1 Å². The van der Waals surface area contributed by atoms with E-state index < -0.39 is 15.7 Å². The number of nitrogen functional groups attached to an aromatic ring is 1. The van der Waals surface area contributed by atoms with Gasteiger partial charge in [-0.05, 0) is 30.2 Å². The highest BCUT2D eigenvalue weighted by molar-refractivity contribution is 9.10. The average Bonchev–Trinajstić information content (AvgIpc) is 2.43. The summed E-state index contributed by atoms with van der Waals surface area (Å²) in [6.45, 7) is 1.87. The molecule has 0 spiro atoms. The van der Waals surface area contributed by atoms with Crippen molar-refractivity contribution in [3.8, 4) is 0 Å². The second kappa shape index (κ2) is 6.36. The summed E-state index contributed by atoms with van der Waals surface area (Å²) in [5, 5.41) is 10.7. The monoisotopic (exact) mass is 368 g/mol. The maximum Gasteiger partial charge on any atom is 0.270 e. The summed E-state index contributed by atoms with van der Waals surface area (Å²) < 4.78 is 13.0. The molecule has 0 aromatic heterocycles. The Morgan fingerprint density at radius 2 is 2.00 bits per heavy atom. The van der Waals surface area contributed by atoms with Crippen molar-refractivity contribution in [2.45, 2.75) is 17.6 Å². The first kappa shape index (κ1) is 15.7. The third-order valence-corrected chi connectivity index (χ3v) is 5.23. The largest absolute Gasteiger partial charge is 0.399 e. The Morgan fingerprint density at radius 1 is 1.29 bits per heavy atom. The molecule has 0 aliphatic carbocycles. The minimum atomic E-state index is -1.26. The lowest BCUT2D eigenvalue weighted by molar-refractivity contribution is -0.384. The molecule has 1 atom stereocenters. The number of nitrogens with zero attached hydrogens (tertiary/aromatic N) is 1. The van der Waals surface area contributed by atoms with Gasteiger partial charge in [0.2, 0.25) is 0 Å². The molecular weight excluding hydrogens is 356 g/mol. The van der Waals surface area contributed by atoms with Crippen molar-refractivity contribution in [3.63, 3.8) is 0 Å². The van der Waals surface area contributed by atoms with Crippen LogP contribution in [0.2, 0.25) is 0 Å². The van der Waals surface area contributed by atoms with Crippen LogP contribution >= 0.6 is 15.9 Å². The third kappa shape index (κ3) is 3.68. The summed E-state index contributed by atoms with van der Waals surface area (Å²) in [5.74, 6) is 0.267. The minimum absolute atomic E-state index is 0.00320. The lowest BCUT2D eigenvalue weighted by Crippen LogP contribution is -2.01. The lowest BCUT2D eigenvalue weighted by atomic mass is 10.2. The molecule has 0 bridgehead atoms. The molecule has 2 N–H and O–H groups in total. The highest BCUT2D eigenvalue weighted by atomic mass is 79.9. The molecule has 0 radical (unpaired) electrons. The Labute approximate surface area is 132 Å². The van der Waals surface area contributed by atoms with Crippen LogP contribution < -0.4 is 5.73 Å². The Hall–Kier alpha value is -1.73. The fourth-order valence-corrected chi connectivity index (χ4v) is 3.92. The number of anilines is 1. The fraction of sp³-hybridized carbons (Fsp3) is 0.143. The van der Waals surface area contributed by atoms with Crippen LogP contribution in [0.25, 0.3) is 0 Å². The van der Waals surface area contributed by atoms with Crippen LogP contribution in [0.15, 0.2) is 45.8 Å². The van der Waals surface area contributed by atoms with Crippen molar-refractivity contribution in [1.82, 2.24) is 0 Å². The van der Waals surface area contributed by atoms with E-state index in [1.807, 2.05) is 13.0 Å². The smallest absolute Gasteiger partial charge is 0.270 e. The summed E-state index contributed by atoms with van der Waals surface area (Å²) in [6, 6.07) is 9.72. The molecule has 21 heavy (non-hydrogen) atoms. The molecule has 0 amide bonds. The summed E-state index contributed by atoms with van der Waals surface area (Å²) in [5.41, 5.74) is 7.94. The standard InChI is InChI=1S/C14H13BrN2O3S/c1-9-2-4-11(16)6-14(9)21(20)8-10-3-5-12(17(18)19)7-13(10)15/h2-7H,8,16H2,1H3. The number of hydrogen-bond acceptors (Lipinski definition) is 4. The summed E-state index contributed by atoms with van der Waals surface area (Å²) in [6.07, 6.45) is 0. The van der Waals surface area contributed by atoms with Gasteiger partial charge in [0.1, 0.15) is 0 Å². The number of non-ortho nitro benzene ring substituents is 1. The molecule has 0 aliphatic heterocycles. The van der Waals surface area contributed by atoms with Crippen LogP contribution in [0, 0.1) is 17.0 Å². The number of hydrogen-bond donors (Lipinski definition) is 1. The van der Waals surface area contributed by atoms with Gasteiger partial charge in [-0.3, -0.25) is 14.3 Å². The topological polar surface area (TPSA) is 86.2 Å². The van der Waals surface area contributed by atoms with Gasteiger partial charge in [-0.2, -0.15) is 0 Å². The second-order valence-electron chi connectivity index (χ2n) is 4.55. The van der Waals surface area contributed by atoms with E-state index in [-0.39, 0.29) is 11.4 Å². The predicted molar refractivity (Wildman–Crippen MR) is 86.5 cm³/mol. The van der Waals surface area contributed by atoms with Crippen LogP contribution in [-0.4, -0.2) is 9.13 Å². The quantitative estimate of drug-likeness (QED) is 0.507. The molecule has 2 rings (SSSR count). The van der Waals surface area contributed by atoms with E-state index in [2.05, 4.69) is 15.9 Å². The van der Waals surface area contributed by atoms with Gasteiger partial charge in [0.15, 0.2) is 0 Å². The van der Waals surface area contributed by atoms with Gasteiger partial charge in [-0.1, -0.05) is 28.1 Å². The average molecular weight is 369 g/mol. The number of nitro groups is 1. The van der Waals surface area contributed by atoms with Gasteiger partial charge in [-0.15, -0.1) is 0 Å². The third-order valence-electron chi connectivity index (χ3n) is 2.99. The Kier molecular flexibility index (Phi) is 4.74. The molecule has 0 aliphatic rings. The maximum atomic E-state index is 12.5. The van der Waals surface area contributed by atoms with Gasteiger partial charge in [0, 0.05) is 27.2 Å². The first-order valence-electron chi connectivity index (χ1n) is 6.06. The number of nitro benzene ring substituents is 1. The summed E-state index contributed by atoms with van der Waals surface area (Å²) >= 11 is 3.29. The van der Waals surface area contributed by atoms with E-state index in [0.29, 0.717) is 15.1 Å². The van der Waals surface area contributed by atoms with Gasteiger partial charge >= 0.3 is 0 Å². The van der Waals surface area contributed by atoms with Crippen LogP contribution in [0.3, 0.4) is 0 Å². The molecular formula is C14H13BrN2O3S. The Balaban J connectivity index is 2.27. The molecule has 0 fully saturated rings. The van der Waals surface area contributed by atoms with Crippen LogP contribution in [0.5, 0.6) is 0 Å². The molecule has 0 saturated heterocycles. The Morgan fingerprint density at radius 3 is 2.62 bits per heavy atom. The predicted octanol–water partition coefficient (Wildman–Crippen LogP) is 3.56. The molecule has 110 valence electrons. The van der Waals surface area contributed by atoms with E-state index in [4.69, 9.17) is 5.73 Å². The first-order valence-corrected chi connectivity index (χ1v) is 8.17. The van der Waals surface area contributed by atoms with Crippen molar-refractivity contribution in [2.24, 2.45) is 0 Å². The summed E-state index contributed by atoms with van der Waals surface area (Å²) in [7, 11) is -1.26. The number of benzene rings is 2. The molecule has 0 heterocycles.